The minimum Gasteiger partial charge on any atom is -0.289 e. The molecule has 0 radical (unpaired) electrons. The number of fused-ring (bicyclic) bond motifs is 1. The maximum atomic E-state index is 12.7. The first kappa shape index (κ1) is 14.1. The lowest BCUT2D eigenvalue weighted by molar-refractivity contribution is 0.101. The molecule has 2 aromatic rings. The van der Waals surface area contributed by atoms with Gasteiger partial charge in [0.2, 0.25) is 0 Å². The Morgan fingerprint density at radius 2 is 1.86 bits per heavy atom. The maximum absolute atomic E-state index is 12.7. The van der Waals surface area contributed by atoms with Crippen LogP contribution in [0.4, 0.5) is 0 Å². The number of Topliss-reactive ketones (excluding diaryl/α,β-unsaturated/α-hetero) is 1. The van der Waals surface area contributed by atoms with Crippen LogP contribution < -0.4 is 0 Å². The van der Waals surface area contributed by atoms with Gasteiger partial charge < -0.3 is 0 Å². The molecule has 0 spiro atoms. The lowest BCUT2D eigenvalue weighted by atomic mass is 9.70. The molecule has 0 aliphatic heterocycles. The molecule has 0 heterocycles. The van der Waals surface area contributed by atoms with Gasteiger partial charge in [-0.05, 0) is 41.2 Å². The third-order valence-corrected chi connectivity index (χ3v) is 4.25. The lowest BCUT2D eigenvalue weighted by Gasteiger charge is -2.33. The van der Waals surface area contributed by atoms with Gasteiger partial charge in [-0.15, -0.1) is 0 Å². The van der Waals surface area contributed by atoms with Crippen molar-refractivity contribution in [1.29, 1.82) is 0 Å². The quantitative estimate of drug-likeness (QED) is 0.654. The van der Waals surface area contributed by atoms with Gasteiger partial charge >= 0.3 is 0 Å². The highest BCUT2D eigenvalue weighted by molar-refractivity contribution is 6.30. The Labute approximate surface area is 130 Å². The van der Waals surface area contributed by atoms with Gasteiger partial charge in [0, 0.05) is 16.2 Å². The SMILES string of the molecule is CC1(C)C/C(=C/c2cccc(Cl)c2)C(=O)c2ccccc21. The monoisotopic (exact) mass is 296 g/mol. The van der Waals surface area contributed by atoms with E-state index in [0.717, 1.165) is 28.7 Å². The highest BCUT2D eigenvalue weighted by Gasteiger charge is 2.34. The van der Waals surface area contributed by atoms with E-state index in [-0.39, 0.29) is 11.2 Å². The molecule has 0 bridgehead atoms. The summed E-state index contributed by atoms with van der Waals surface area (Å²) in [6.07, 6.45) is 2.71. The average Bonchev–Trinajstić information content (AvgIpc) is 2.44. The van der Waals surface area contributed by atoms with Gasteiger partial charge in [-0.1, -0.05) is 61.8 Å². The number of carbonyl (C=O) groups excluding carboxylic acids is 1. The summed E-state index contributed by atoms with van der Waals surface area (Å²) in [7, 11) is 0. The number of halogens is 1. The van der Waals surface area contributed by atoms with Crippen LogP contribution >= 0.6 is 11.6 Å². The fourth-order valence-corrected chi connectivity index (χ4v) is 3.21. The Balaban J connectivity index is 2.09. The molecule has 0 saturated heterocycles. The number of allylic oxidation sites excluding steroid dienone is 1. The molecular formula is C19H17ClO. The third kappa shape index (κ3) is 2.66. The van der Waals surface area contributed by atoms with Crippen LogP contribution in [0.1, 0.15) is 41.8 Å². The molecule has 0 atom stereocenters. The normalized spacial score (nSPS) is 18.6. The van der Waals surface area contributed by atoms with Crippen LogP contribution in [-0.2, 0) is 5.41 Å². The largest absolute Gasteiger partial charge is 0.289 e. The van der Waals surface area contributed by atoms with Crippen LogP contribution in [0.15, 0.2) is 54.1 Å². The number of ketones is 1. The summed E-state index contributed by atoms with van der Waals surface area (Å²) in [6, 6.07) is 15.5. The minimum absolute atomic E-state index is 0.0328. The van der Waals surface area contributed by atoms with E-state index in [1.165, 1.54) is 0 Å². The molecule has 106 valence electrons. The molecule has 3 rings (SSSR count). The molecule has 0 saturated carbocycles. The Morgan fingerprint density at radius 1 is 1.10 bits per heavy atom. The van der Waals surface area contributed by atoms with Crippen molar-refractivity contribution in [1.82, 2.24) is 0 Å². The zero-order chi connectivity index (χ0) is 15.0. The lowest BCUT2D eigenvalue weighted by Crippen LogP contribution is -2.29. The van der Waals surface area contributed by atoms with E-state index in [0.29, 0.717) is 5.02 Å². The summed E-state index contributed by atoms with van der Waals surface area (Å²) in [5, 5.41) is 0.687. The predicted molar refractivity (Wildman–Crippen MR) is 87.8 cm³/mol. The Bertz CT molecular complexity index is 741. The number of hydrogen-bond donors (Lipinski definition) is 0. The molecule has 1 nitrogen and oxygen atoms in total. The minimum atomic E-state index is -0.0328. The smallest absolute Gasteiger partial charge is 0.189 e. The van der Waals surface area contributed by atoms with Crippen LogP contribution in [-0.4, -0.2) is 5.78 Å². The molecule has 2 heteroatoms. The average molecular weight is 297 g/mol. The number of benzene rings is 2. The van der Waals surface area contributed by atoms with Crippen LogP contribution in [0.3, 0.4) is 0 Å². The molecule has 0 fully saturated rings. The van der Waals surface area contributed by atoms with Crippen molar-refractivity contribution in [2.45, 2.75) is 25.7 Å². The molecule has 0 aromatic heterocycles. The molecule has 1 aliphatic carbocycles. The topological polar surface area (TPSA) is 17.1 Å². The van der Waals surface area contributed by atoms with Crippen molar-refractivity contribution in [3.8, 4) is 0 Å². The summed E-state index contributed by atoms with van der Waals surface area (Å²) in [5.41, 5.74) is 3.75. The summed E-state index contributed by atoms with van der Waals surface area (Å²) in [6.45, 7) is 4.37. The van der Waals surface area contributed by atoms with E-state index < -0.39 is 0 Å². The summed E-state index contributed by atoms with van der Waals surface area (Å²) in [4.78, 5) is 12.7. The molecule has 0 unspecified atom stereocenters. The Hall–Kier alpha value is -1.86. The second-order valence-corrected chi connectivity index (χ2v) is 6.60. The Kier molecular flexibility index (Phi) is 3.46. The first-order valence-electron chi connectivity index (χ1n) is 7.08. The Morgan fingerprint density at radius 3 is 2.62 bits per heavy atom. The van der Waals surface area contributed by atoms with Gasteiger partial charge in [0.05, 0.1) is 0 Å². The highest BCUT2D eigenvalue weighted by Crippen LogP contribution is 2.39. The molecule has 0 N–H and O–H groups in total. The van der Waals surface area contributed by atoms with E-state index in [1.54, 1.807) is 0 Å². The van der Waals surface area contributed by atoms with Gasteiger partial charge in [-0.25, -0.2) is 0 Å². The van der Waals surface area contributed by atoms with Gasteiger partial charge in [0.25, 0.3) is 0 Å². The van der Waals surface area contributed by atoms with E-state index in [2.05, 4.69) is 19.9 Å². The van der Waals surface area contributed by atoms with Crippen LogP contribution in [0.5, 0.6) is 0 Å². The van der Waals surface area contributed by atoms with Crippen molar-refractivity contribution in [2.24, 2.45) is 0 Å². The molecule has 21 heavy (non-hydrogen) atoms. The van der Waals surface area contributed by atoms with E-state index in [9.17, 15) is 4.79 Å². The van der Waals surface area contributed by atoms with Crippen molar-refractivity contribution in [2.75, 3.05) is 0 Å². The molecule has 2 aromatic carbocycles. The van der Waals surface area contributed by atoms with Crippen molar-refractivity contribution in [3.05, 3.63) is 75.8 Å². The maximum Gasteiger partial charge on any atom is 0.189 e. The van der Waals surface area contributed by atoms with Crippen molar-refractivity contribution < 1.29 is 4.79 Å². The number of hydrogen-bond acceptors (Lipinski definition) is 1. The van der Waals surface area contributed by atoms with Gasteiger partial charge in [-0.3, -0.25) is 4.79 Å². The van der Waals surface area contributed by atoms with Gasteiger partial charge in [0.15, 0.2) is 5.78 Å². The standard InChI is InChI=1S/C19H17ClO/c1-19(2)12-14(10-13-6-5-7-15(20)11-13)18(21)16-8-3-4-9-17(16)19/h3-11H,12H2,1-2H3/b14-10-. The van der Waals surface area contributed by atoms with E-state index >= 15 is 0 Å². The van der Waals surface area contributed by atoms with Crippen LogP contribution in [0.2, 0.25) is 5.02 Å². The van der Waals surface area contributed by atoms with E-state index in [1.807, 2.05) is 48.5 Å². The predicted octanol–water partition coefficient (Wildman–Crippen LogP) is 5.29. The fraction of sp³-hybridized carbons (Fsp3) is 0.211. The first-order chi connectivity index (χ1) is 9.97. The summed E-state index contributed by atoms with van der Waals surface area (Å²) in [5.74, 6) is 0.130. The number of carbonyl (C=O) groups is 1. The van der Waals surface area contributed by atoms with Crippen LogP contribution in [0, 0.1) is 0 Å². The van der Waals surface area contributed by atoms with Crippen molar-refractivity contribution in [3.63, 3.8) is 0 Å². The van der Waals surface area contributed by atoms with E-state index in [4.69, 9.17) is 11.6 Å². The van der Waals surface area contributed by atoms with Gasteiger partial charge in [0.1, 0.15) is 0 Å². The van der Waals surface area contributed by atoms with Crippen LogP contribution in [0.25, 0.3) is 6.08 Å². The summed E-state index contributed by atoms with van der Waals surface area (Å²) < 4.78 is 0. The molecular weight excluding hydrogens is 280 g/mol. The zero-order valence-electron chi connectivity index (χ0n) is 12.2. The summed E-state index contributed by atoms with van der Waals surface area (Å²) >= 11 is 6.02. The fourth-order valence-electron chi connectivity index (χ4n) is 3.01. The second-order valence-electron chi connectivity index (χ2n) is 6.16. The number of rotatable bonds is 1. The van der Waals surface area contributed by atoms with Crippen molar-refractivity contribution >= 4 is 23.5 Å². The molecule has 1 aliphatic rings. The highest BCUT2D eigenvalue weighted by atomic mass is 35.5. The molecule has 0 amide bonds. The second kappa shape index (κ2) is 5.16. The van der Waals surface area contributed by atoms with Gasteiger partial charge in [-0.2, -0.15) is 0 Å². The first-order valence-corrected chi connectivity index (χ1v) is 7.45. The zero-order valence-corrected chi connectivity index (χ0v) is 12.9. The third-order valence-electron chi connectivity index (χ3n) is 4.01.